The van der Waals surface area contributed by atoms with Crippen LogP contribution in [0.15, 0.2) is 48.5 Å². The molecule has 0 saturated heterocycles. The van der Waals surface area contributed by atoms with Gasteiger partial charge >= 0.3 is 0 Å². The summed E-state index contributed by atoms with van der Waals surface area (Å²) in [7, 11) is -2.57. The Kier molecular flexibility index (Phi) is 4.82. The molecule has 0 fully saturated rings. The zero-order valence-corrected chi connectivity index (χ0v) is 11.7. The summed E-state index contributed by atoms with van der Waals surface area (Å²) in [5, 5.41) is 21.0. The molecule has 114 valence electrons. The lowest BCUT2D eigenvalue weighted by molar-refractivity contribution is -0.385. The predicted molar refractivity (Wildman–Crippen MR) is 74.4 cm³/mol. The van der Waals surface area contributed by atoms with Crippen LogP contribution in [0.1, 0.15) is 0 Å². The SMILES string of the molecule is O=[N+]([O-])c1ccc(OP([O-])Oc2ccc([N+](=O)[O-])cc2)cc1. The van der Waals surface area contributed by atoms with Gasteiger partial charge in [-0.15, -0.1) is 0 Å². The number of rotatable bonds is 6. The summed E-state index contributed by atoms with van der Waals surface area (Å²) < 4.78 is 9.92. The second-order valence-corrected chi connectivity index (χ2v) is 4.72. The highest BCUT2D eigenvalue weighted by atomic mass is 31.2. The minimum Gasteiger partial charge on any atom is -0.765 e. The molecule has 10 heteroatoms. The number of hydrogen-bond acceptors (Lipinski definition) is 7. The summed E-state index contributed by atoms with van der Waals surface area (Å²) >= 11 is 0. The lowest BCUT2D eigenvalue weighted by Crippen LogP contribution is -2.07. The van der Waals surface area contributed by atoms with Crippen LogP contribution in [-0.2, 0) is 0 Å². The molecule has 2 aromatic rings. The maximum absolute atomic E-state index is 11.7. The molecule has 2 rings (SSSR count). The normalized spacial score (nSPS) is 10.3. The largest absolute Gasteiger partial charge is 0.765 e. The standard InChI is InChI=1S/C12H8N2O7P/c15-13(16)9-1-5-11(6-2-9)20-22(19)21-12-7-3-10(4-8-12)14(17)18/h1-8H/q-1. The van der Waals surface area contributed by atoms with E-state index in [1.165, 1.54) is 48.5 Å². The van der Waals surface area contributed by atoms with Crippen LogP contribution in [-0.4, -0.2) is 9.85 Å². The Morgan fingerprint density at radius 2 is 1.05 bits per heavy atom. The van der Waals surface area contributed by atoms with E-state index in [1.54, 1.807) is 0 Å². The summed E-state index contributed by atoms with van der Waals surface area (Å²) in [5.74, 6) is 0.266. The van der Waals surface area contributed by atoms with Crippen molar-refractivity contribution in [3.8, 4) is 11.5 Å². The summed E-state index contributed by atoms with van der Waals surface area (Å²) in [5.41, 5.74) is -0.252. The molecule has 0 unspecified atom stereocenters. The van der Waals surface area contributed by atoms with Gasteiger partial charge in [-0.05, 0) is 24.3 Å². The van der Waals surface area contributed by atoms with Gasteiger partial charge in [0.05, 0.1) is 9.85 Å². The van der Waals surface area contributed by atoms with E-state index < -0.39 is 18.4 Å². The fraction of sp³-hybridized carbons (Fsp3) is 0. The van der Waals surface area contributed by atoms with Crippen LogP contribution in [0.25, 0.3) is 0 Å². The Morgan fingerprint density at radius 1 is 0.727 bits per heavy atom. The molecule has 0 amide bonds. The lowest BCUT2D eigenvalue weighted by Gasteiger charge is -2.22. The van der Waals surface area contributed by atoms with E-state index in [0.717, 1.165) is 0 Å². The molecule has 0 atom stereocenters. The van der Waals surface area contributed by atoms with Crippen LogP contribution >= 0.6 is 8.60 Å². The van der Waals surface area contributed by atoms with E-state index >= 15 is 0 Å². The Hall–Kier alpha value is -2.77. The summed E-state index contributed by atoms with van der Waals surface area (Å²) in [4.78, 5) is 31.5. The van der Waals surface area contributed by atoms with Gasteiger partial charge in [-0.25, -0.2) is 0 Å². The first kappa shape index (κ1) is 15.6. The number of hydrogen-bond donors (Lipinski definition) is 0. The number of non-ortho nitro benzene ring substituents is 2. The Labute approximate surface area is 125 Å². The molecule has 0 spiro atoms. The first-order valence-corrected chi connectivity index (χ1v) is 6.87. The minimum atomic E-state index is -2.57. The summed E-state index contributed by atoms with van der Waals surface area (Å²) in [6, 6.07) is 9.92. The first-order chi connectivity index (χ1) is 10.5. The van der Waals surface area contributed by atoms with Crippen LogP contribution in [0, 0.1) is 20.2 Å². The molecule has 0 aromatic heterocycles. The second-order valence-electron chi connectivity index (χ2n) is 3.91. The van der Waals surface area contributed by atoms with E-state index in [1.807, 2.05) is 0 Å². The smallest absolute Gasteiger partial charge is 0.269 e. The molecule has 0 radical (unpaired) electrons. The van der Waals surface area contributed by atoms with Crippen molar-refractivity contribution in [2.24, 2.45) is 0 Å². The zero-order chi connectivity index (χ0) is 16.1. The molecular weight excluding hydrogens is 315 g/mol. The van der Waals surface area contributed by atoms with Gasteiger partial charge in [-0.2, -0.15) is 0 Å². The maximum atomic E-state index is 11.7. The van der Waals surface area contributed by atoms with Crippen molar-refractivity contribution < 1.29 is 23.8 Å². The molecule has 2 aromatic carbocycles. The van der Waals surface area contributed by atoms with Crippen LogP contribution in [0.2, 0.25) is 0 Å². The minimum absolute atomic E-state index is 0.126. The average molecular weight is 323 g/mol. The summed E-state index contributed by atoms with van der Waals surface area (Å²) in [6.07, 6.45) is 0. The topological polar surface area (TPSA) is 128 Å². The third kappa shape index (κ3) is 4.11. The van der Waals surface area contributed by atoms with Gasteiger partial charge in [0.25, 0.3) is 11.4 Å². The molecule has 0 N–H and O–H groups in total. The van der Waals surface area contributed by atoms with E-state index in [0.29, 0.717) is 0 Å². The Morgan fingerprint density at radius 3 is 1.32 bits per heavy atom. The molecule has 0 aliphatic carbocycles. The third-order valence-corrected chi connectivity index (χ3v) is 3.17. The Bertz CT molecular complexity index is 615. The van der Waals surface area contributed by atoms with Gasteiger partial charge < -0.3 is 13.9 Å². The molecule has 22 heavy (non-hydrogen) atoms. The number of nitrogens with zero attached hydrogens (tertiary/aromatic N) is 2. The highest BCUT2D eigenvalue weighted by Gasteiger charge is 2.08. The van der Waals surface area contributed by atoms with Gasteiger partial charge in [0.15, 0.2) is 0 Å². The Balaban J connectivity index is 1.95. The molecule has 0 aliphatic heterocycles. The van der Waals surface area contributed by atoms with Crippen LogP contribution in [0.5, 0.6) is 11.5 Å². The van der Waals surface area contributed by atoms with E-state index in [-0.39, 0.29) is 22.9 Å². The highest BCUT2D eigenvalue weighted by molar-refractivity contribution is 7.39. The second kappa shape index (κ2) is 6.79. The molecule has 0 bridgehead atoms. The zero-order valence-electron chi connectivity index (χ0n) is 10.8. The first-order valence-electron chi connectivity index (χ1n) is 5.78. The van der Waals surface area contributed by atoms with Gasteiger partial charge in [-0.1, -0.05) is 0 Å². The van der Waals surface area contributed by atoms with Crippen LogP contribution in [0.3, 0.4) is 0 Å². The van der Waals surface area contributed by atoms with E-state index in [2.05, 4.69) is 0 Å². The van der Waals surface area contributed by atoms with Crippen molar-refractivity contribution in [2.45, 2.75) is 0 Å². The molecule has 0 saturated carbocycles. The van der Waals surface area contributed by atoms with Crippen LogP contribution < -0.4 is 13.9 Å². The molecule has 9 nitrogen and oxygen atoms in total. The average Bonchev–Trinajstić information content (AvgIpc) is 2.48. The number of nitro groups is 2. The van der Waals surface area contributed by atoms with Crippen molar-refractivity contribution in [3.05, 3.63) is 68.8 Å². The fourth-order valence-electron chi connectivity index (χ4n) is 1.45. The van der Waals surface area contributed by atoms with Crippen molar-refractivity contribution in [2.75, 3.05) is 0 Å². The van der Waals surface area contributed by atoms with E-state index in [9.17, 15) is 25.1 Å². The number of nitro benzene ring substituents is 2. The monoisotopic (exact) mass is 323 g/mol. The summed E-state index contributed by atoms with van der Waals surface area (Å²) in [6.45, 7) is 0. The third-order valence-electron chi connectivity index (χ3n) is 2.45. The van der Waals surface area contributed by atoms with Crippen molar-refractivity contribution in [1.82, 2.24) is 0 Å². The number of benzene rings is 2. The maximum Gasteiger partial charge on any atom is 0.269 e. The quantitative estimate of drug-likeness (QED) is 0.454. The lowest BCUT2D eigenvalue weighted by atomic mass is 10.3. The fourth-order valence-corrected chi connectivity index (χ4v) is 2.07. The highest BCUT2D eigenvalue weighted by Crippen LogP contribution is 2.34. The molecular formula is C12H8N2O7P-. The van der Waals surface area contributed by atoms with Gasteiger partial charge in [0.1, 0.15) is 11.5 Å². The molecule has 0 heterocycles. The molecule has 0 aliphatic rings. The van der Waals surface area contributed by atoms with Crippen molar-refractivity contribution in [1.29, 1.82) is 0 Å². The van der Waals surface area contributed by atoms with Gasteiger partial charge in [0, 0.05) is 24.3 Å². The van der Waals surface area contributed by atoms with Gasteiger partial charge in [-0.3, -0.25) is 20.2 Å². The predicted octanol–water partition coefficient (Wildman–Crippen LogP) is 2.55. The van der Waals surface area contributed by atoms with Crippen molar-refractivity contribution in [3.63, 3.8) is 0 Å². The van der Waals surface area contributed by atoms with Gasteiger partial charge in [0.2, 0.25) is 8.60 Å². The van der Waals surface area contributed by atoms with Crippen molar-refractivity contribution >= 4 is 20.0 Å². The van der Waals surface area contributed by atoms with Crippen LogP contribution in [0.4, 0.5) is 11.4 Å². The van der Waals surface area contributed by atoms with E-state index in [4.69, 9.17) is 9.05 Å².